The molecule has 1 unspecified atom stereocenters. The van der Waals surface area contributed by atoms with Crippen LogP contribution >= 0.6 is 0 Å². The van der Waals surface area contributed by atoms with E-state index < -0.39 is 23.3 Å². The third-order valence-electron chi connectivity index (χ3n) is 3.23. The van der Waals surface area contributed by atoms with Crippen molar-refractivity contribution in [2.45, 2.75) is 97.3 Å². The zero-order valence-electron chi connectivity index (χ0n) is 16.1. The topological polar surface area (TPSA) is 58.6 Å². The van der Waals surface area contributed by atoms with Crippen molar-refractivity contribution < 1.29 is 14.6 Å². The molecule has 0 rings (SSSR count). The first-order chi connectivity index (χ1) is 11.1. The molecule has 0 aliphatic rings. The van der Waals surface area contributed by atoms with E-state index in [0.29, 0.717) is 12.8 Å². The van der Waals surface area contributed by atoms with E-state index in [1.165, 1.54) is 0 Å². The standard InChI is InChI=1S/C20H33NO3/c1-7-9-11-13-15-20(23,16-14-12-10-8-2)17(3)21-18(22)24-19(4,5)6/h17,23H,7-12H2,1-6H3,(H,21,22). The number of aliphatic hydroxyl groups is 1. The molecule has 1 atom stereocenters. The molecule has 0 heterocycles. The third-order valence-corrected chi connectivity index (χ3v) is 3.23. The molecule has 0 aromatic carbocycles. The van der Waals surface area contributed by atoms with Crippen molar-refractivity contribution >= 4 is 6.09 Å². The molecule has 0 aliphatic carbocycles. The number of carbonyl (C=O) groups excluding carboxylic acids is 1. The minimum absolute atomic E-state index is 0.584. The van der Waals surface area contributed by atoms with E-state index in [0.717, 1.165) is 25.7 Å². The fraction of sp³-hybridized carbons (Fsp3) is 0.750. The van der Waals surface area contributed by atoms with E-state index in [-0.39, 0.29) is 0 Å². The normalized spacial score (nSPS) is 12.3. The largest absolute Gasteiger partial charge is 0.444 e. The summed E-state index contributed by atoms with van der Waals surface area (Å²) in [5.74, 6) is 11.6. The van der Waals surface area contributed by atoms with Crippen LogP contribution in [0.2, 0.25) is 0 Å². The number of amides is 1. The summed E-state index contributed by atoms with van der Waals surface area (Å²) in [6, 6.07) is -0.657. The van der Waals surface area contributed by atoms with Gasteiger partial charge >= 0.3 is 6.09 Å². The molecular weight excluding hydrogens is 302 g/mol. The van der Waals surface area contributed by atoms with Crippen LogP contribution < -0.4 is 5.32 Å². The highest BCUT2D eigenvalue weighted by Gasteiger charge is 2.32. The second kappa shape index (κ2) is 11.0. The number of rotatable bonds is 6. The predicted molar refractivity (Wildman–Crippen MR) is 98.4 cm³/mol. The Bertz CT molecular complexity index is 471. The minimum atomic E-state index is -1.57. The first kappa shape index (κ1) is 22.4. The van der Waals surface area contributed by atoms with E-state index in [1.807, 2.05) is 0 Å². The van der Waals surface area contributed by atoms with Gasteiger partial charge in [0, 0.05) is 12.8 Å². The molecule has 4 nitrogen and oxygen atoms in total. The van der Waals surface area contributed by atoms with Gasteiger partial charge in [-0.05, 0) is 40.5 Å². The first-order valence-corrected chi connectivity index (χ1v) is 8.86. The SMILES string of the molecule is CCCCC#CC(O)(C#CCCCC)C(C)NC(=O)OC(C)(C)C. The molecule has 136 valence electrons. The molecule has 1 amide bonds. The Hall–Kier alpha value is -1.65. The number of unbranched alkanes of at least 4 members (excludes halogenated alkanes) is 4. The Kier molecular flexibility index (Phi) is 10.2. The van der Waals surface area contributed by atoms with Crippen molar-refractivity contribution in [2.24, 2.45) is 0 Å². The number of ether oxygens (including phenoxy) is 1. The molecule has 0 radical (unpaired) electrons. The van der Waals surface area contributed by atoms with Crippen molar-refractivity contribution in [3.05, 3.63) is 0 Å². The Labute approximate surface area is 147 Å². The van der Waals surface area contributed by atoms with Crippen LogP contribution in [0.15, 0.2) is 0 Å². The van der Waals surface area contributed by atoms with E-state index in [1.54, 1.807) is 27.7 Å². The Morgan fingerprint density at radius 3 is 1.92 bits per heavy atom. The van der Waals surface area contributed by atoms with Crippen LogP contribution in [0, 0.1) is 23.7 Å². The van der Waals surface area contributed by atoms with Crippen LogP contribution in [0.3, 0.4) is 0 Å². The fourth-order valence-electron chi connectivity index (χ4n) is 1.76. The summed E-state index contributed by atoms with van der Waals surface area (Å²) in [5, 5.41) is 13.5. The lowest BCUT2D eigenvalue weighted by Crippen LogP contribution is -2.50. The molecule has 0 saturated carbocycles. The second-order valence-corrected chi connectivity index (χ2v) is 6.94. The van der Waals surface area contributed by atoms with Gasteiger partial charge in [0.15, 0.2) is 0 Å². The van der Waals surface area contributed by atoms with Gasteiger partial charge in [-0.1, -0.05) is 50.4 Å². The molecule has 0 aromatic heterocycles. The Morgan fingerprint density at radius 2 is 1.54 bits per heavy atom. The molecular formula is C20H33NO3. The number of hydrogen-bond acceptors (Lipinski definition) is 3. The highest BCUT2D eigenvalue weighted by Crippen LogP contribution is 2.12. The number of carbonyl (C=O) groups is 1. The lowest BCUT2D eigenvalue weighted by Gasteiger charge is -2.27. The van der Waals surface area contributed by atoms with Gasteiger partial charge in [0.05, 0.1) is 6.04 Å². The van der Waals surface area contributed by atoms with Gasteiger partial charge in [0.1, 0.15) is 5.60 Å². The van der Waals surface area contributed by atoms with Gasteiger partial charge in [-0.3, -0.25) is 0 Å². The van der Waals surface area contributed by atoms with Gasteiger partial charge < -0.3 is 15.2 Å². The minimum Gasteiger partial charge on any atom is -0.444 e. The van der Waals surface area contributed by atoms with E-state index in [2.05, 4.69) is 42.8 Å². The van der Waals surface area contributed by atoms with Crippen molar-refractivity contribution in [3.8, 4) is 23.7 Å². The van der Waals surface area contributed by atoms with Gasteiger partial charge in [-0.15, -0.1) is 0 Å². The maximum absolute atomic E-state index is 11.9. The summed E-state index contributed by atoms with van der Waals surface area (Å²) in [6.07, 6.45) is 4.85. The Morgan fingerprint density at radius 1 is 1.08 bits per heavy atom. The lowest BCUT2D eigenvalue weighted by atomic mass is 9.96. The van der Waals surface area contributed by atoms with Crippen molar-refractivity contribution in [1.29, 1.82) is 0 Å². The summed E-state index contributed by atoms with van der Waals surface area (Å²) < 4.78 is 5.23. The number of alkyl carbamates (subject to hydrolysis) is 1. The summed E-state index contributed by atoms with van der Waals surface area (Å²) in [7, 11) is 0. The van der Waals surface area contributed by atoms with Crippen LogP contribution in [0.4, 0.5) is 4.79 Å². The molecule has 0 aromatic rings. The maximum atomic E-state index is 11.9. The van der Waals surface area contributed by atoms with Crippen molar-refractivity contribution in [2.75, 3.05) is 0 Å². The van der Waals surface area contributed by atoms with Gasteiger partial charge in [-0.2, -0.15) is 0 Å². The molecule has 0 spiro atoms. The van der Waals surface area contributed by atoms with Crippen LogP contribution in [-0.4, -0.2) is 28.4 Å². The predicted octanol–water partition coefficient (Wildman–Crippen LogP) is 4.02. The summed E-state index contributed by atoms with van der Waals surface area (Å²) >= 11 is 0. The summed E-state index contributed by atoms with van der Waals surface area (Å²) in [5.41, 5.74) is -2.17. The van der Waals surface area contributed by atoms with Gasteiger partial charge in [0.2, 0.25) is 5.60 Å². The zero-order chi connectivity index (χ0) is 18.6. The average molecular weight is 335 g/mol. The summed E-state index contributed by atoms with van der Waals surface area (Å²) in [6.45, 7) is 11.2. The molecule has 24 heavy (non-hydrogen) atoms. The van der Waals surface area contributed by atoms with E-state index in [4.69, 9.17) is 4.74 Å². The maximum Gasteiger partial charge on any atom is 0.408 e. The molecule has 0 saturated heterocycles. The van der Waals surface area contributed by atoms with Gasteiger partial charge in [-0.25, -0.2) is 4.79 Å². The first-order valence-electron chi connectivity index (χ1n) is 8.86. The quantitative estimate of drug-likeness (QED) is 0.569. The van der Waals surface area contributed by atoms with E-state index in [9.17, 15) is 9.90 Å². The van der Waals surface area contributed by atoms with Crippen LogP contribution in [0.25, 0.3) is 0 Å². The molecule has 2 N–H and O–H groups in total. The second-order valence-electron chi connectivity index (χ2n) is 6.94. The number of nitrogens with one attached hydrogen (secondary N) is 1. The highest BCUT2D eigenvalue weighted by molar-refractivity contribution is 5.68. The zero-order valence-corrected chi connectivity index (χ0v) is 16.1. The molecule has 0 fully saturated rings. The van der Waals surface area contributed by atoms with Crippen LogP contribution in [-0.2, 0) is 4.74 Å². The van der Waals surface area contributed by atoms with Crippen LogP contribution in [0.5, 0.6) is 0 Å². The molecule has 0 bridgehead atoms. The van der Waals surface area contributed by atoms with Crippen LogP contribution in [0.1, 0.15) is 80.1 Å². The van der Waals surface area contributed by atoms with Crippen molar-refractivity contribution in [3.63, 3.8) is 0 Å². The van der Waals surface area contributed by atoms with E-state index >= 15 is 0 Å². The van der Waals surface area contributed by atoms with Gasteiger partial charge in [0.25, 0.3) is 0 Å². The highest BCUT2D eigenvalue weighted by atomic mass is 16.6. The summed E-state index contributed by atoms with van der Waals surface area (Å²) in [4.78, 5) is 11.9. The number of hydrogen-bond donors (Lipinski definition) is 2. The Balaban J connectivity index is 5.08. The molecule has 0 aliphatic heterocycles. The average Bonchev–Trinajstić information content (AvgIpc) is 2.46. The monoisotopic (exact) mass is 335 g/mol. The van der Waals surface area contributed by atoms with Crippen molar-refractivity contribution in [1.82, 2.24) is 5.32 Å². The smallest absolute Gasteiger partial charge is 0.408 e. The third kappa shape index (κ3) is 10.2. The lowest BCUT2D eigenvalue weighted by molar-refractivity contribution is 0.0420. The fourth-order valence-corrected chi connectivity index (χ4v) is 1.76. The molecule has 4 heteroatoms.